The molecule has 28 heteroatoms. The van der Waals surface area contributed by atoms with Crippen LogP contribution in [0.25, 0.3) is 0 Å². The minimum atomic E-state index is -3.20. The van der Waals surface area contributed by atoms with Crippen LogP contribution in [0.2, 0.25) is 0 Å². The largest absolute Gasteiger partial charge is 0.477 e. The Bertz CT molecular complexity index is 1450. The van der Waals surface area contributed by atoms with Gasteiger partial charge in [0.15, 0.2) is 18.9 Å². The van der Waals surface area contributed by atoms with Crippen LogP contribution in [0.5, 0.6) is 0 Å². The summed E-state index contributed by atoms with van der Waals surface area (Å²) in [7, 11) is 0. The van der Waals surface area contributed by atoms with E-state index in [9.17, 15) is 96.4 Å². The number of carbonyl (C=O) groups excluding carboxylic acids is 1. The Morgan fingerprint density at radius 2 is 1.22 bits per heavy atom. The van der Waals surface area contributed by atoms with Gasteiger partial charge in [-0.3, -0.25) is 4.79 Å². The minimum Gasteiger partial charge on any atom is -0.477 e. The summed E-state index contributed by atoms with van der Waals surface area (Å²) in [6, 6.07) is -1.67. The summed E-state index contributed by atoms with van der Waals surface area (Å²) in [6.07, 6.45) is -46.2. The number of carbonyl (C=O) groups is 2. The van der Waals surface area contributed by atoms with Crippen molar-refractivity contribution in [3.8, 4) is 0 Å². The maximum Gasteiger partial charge on any atom is 0.364 e. The van der Waals surface area contributed by atoms with Gasteiger partial charge in [-0.1, -0.05) is 0 Å². The van der Waals surface area contributed by atoms with Gasteiger partial charge in [-0.15, -0.1) is 0 Å². The molecule has 0 aliphatic carbocycles. The molecule has 4 aliphatic heterocycles. The molecule has 63 heavy (non-hydrogen) atoms. The van der Waals surface area contributed by atoms with Crippen molar-refractivity contribution in [3.63, 3.8) is 0 Å². The molecule has 0 bridgehead atoms. The SMILES string of the molecule is CC(=O)N[C@@H](CO)[C@@H](O[C@H]1O[C@H](CO)[C@H](O)[C@H](O)[C@H]1O)[C@@H](O)[C@H](O)CO[C@]1(C(=O)O)C[C@H](O[C@@H]2O[C@@H](C)[C@@H](O)[C@@H](O)[C@@H]2O)[C@@H](O[C@@H]2O[C@@H](C)[C@@H](O)[C@@H](O)[C@@H]2O)[C@H]([C@H](O)[C@H](O)CO)O1. The van der Waals surface area contributed by atoms with Crippen LogP contribution >= 0.6 is 0 Å². The van der Waals surface area contributed by atoms with Crippen molar-refractivity contribution in [2.75, 3.05) is 26.4 Å². The van der Waals surface area contributed by atoms with E-state index in [0.717, 1.165) is 6.92 Å². The Morgan fingerprint density at radius 3 is 1.71 bits per heavy atom. The van der Waals surface area contributed by atoms with E-state index >= 15 is 0 Å². The van der Waals surface area contributed by atoms with Crippen LogP contribution in [0.15, 0.2) is 0 Å². The van der Waals surface area contributed by atoms with E-state index in [1.54, 1.807) is 0 Å². The van der Waals surface area contributed by atoms with Gasteiger partial charge in [-0.25, -0.2) is 4.79 Å². The standard InChI is InChI=1S/C35H61NO27/c1-9-17(43)22(48)25(51)31(57-9)59-15-4-35(34(54)55,63-30(19(45)13(41)6-38)29(15)62-32-26(52)23(49)18(44)10(2)58-32)56-8-14(42)20(46)28(12(5-37)36-11(3)40)61-33-27(53)24(50)21(47)16(7-39)60-33/h9-10,12-33,37-39,41-53H,4-8H2,1-3H3,(H,36,40)(H,54,55)/t9-,10-,12-,13+,14+,15-,16+,17+,18+,19+,20-,21-,22+,23+,24-,25-,26-,27+,28+,29+,30-,31-,32-,33+,35+/m0/s1. The maximum absolute atomic E-state index is 13.2. The van der Waals surface area contributed by atoms with Gasteiger partial charge in [0.2, 0.25) is 5.91 Å². The van der Waals surface area contributed by atoms with Gasteiger partial charge in [-0.2, -0.15) is 0 Å². The van der Waals surface area contributed by atoms with E-state index in [1.165, 1.54) is 13.8 Å². The number of ether oxygens (including phenoxy) is 8. The summed E-state index contributed by atoms with van der Waals surface area (Å²) < 4.78 is 45.0. The van der Waals surface area contributed by atoms with E-state index in [2.05, 4.69) is 5.32 Å². The monoisotopic (exact) mass is 927 g/mol. The molecular weight excluding hydrogens is 866 g/mol. The number of rotatable bonds is 19. The van der Waals surface area contributed by atoms with E-state index in [-0.39, 0.29) is 0 Å². The Hall–Kier alpha value is -2.02. The third-order valence-electron chi connectivity index (χ3n) is 11.3. The predicted octanol–water partition coefficient (Wildman–Crippen LogP) is -10.9. The highest BCUT2D eigenvalue weighted by Crippen LogP contribution is 2.40. The third kappa shape index (κ3) is 11.9. The van der Waals surface area contributed by atoms with Crippen LogP contribution in [-0.4, -0.2) is 278 Å². The zero-order valence-corrected chi connectivity index (χ0v) is 34.1. The predicted molar refractivity (Wildman–Crippen MR) is 195 cm³/mol. The highest BCUT2D eigenvalue weighted by Gasteiger charge is 2.60. The van der Waals surface area contributed by atoms with Gasteiger partial charge in [0.25, 0.3) is 5.79 Å². The number of aliphatic hydroxyl groups excluding tert-OH is 16. The first-order valence-corrected chi connectivity index (χ1v) is 19.9. The number of hydrogen-bond donors (Lipinski definition) is 18. The Labute approximate surface area is 357 Å². The number of carboxylic acids is 1. The van der Waals surface area contributed by atoms with Gasteiger partial charge in [0.05, 0.1) is 50.8 Å². The lowest BCUT2D eigenvalue weighted by atomic mass is 9.89. The van der Waals surface area contributed by atoms with Gasteiger partial charge >= 0.3 is 5.97 Å². The summed E-state index contributed by atoms with van der Waals surface area (Å²) in [5.41, 5.74) is 0. The molecule has 28 nitrogen and oxygen atoms in total. The smallest absolute Gasteiger partial charge is 0.364 e. The number of hydrogen-bond acceptors (Lipinski definition) is 26. The van der Waals surface area contributed by atoms with E-state index in [1.807, 2.05) is 0 Å². The van der Waals surface area contributed by atoms with Crippen molar-refractivity contribution >= 4 is 11.9 Å². The minimum absolute atomic E-state index is 0.831. The number of carboxylic acid groups (broad SMARTS) is 1. The highest BCUT2D eigenvalue weighted by atomic mass is 16.8. The van der Waals surface area contributed by atoms with Gasteiger partial charge in [0.1, 0.15) is 104 Å². The van der Waals surface area contributed by atoms with Crippen LogP contribution in [0, 0.1) is 0 Å². The molecular formula is C35H61NO27. The van der Waals surface area contributed by atoms with Crippen molar-refractivity contribution in [1.29, 1.82) is 0 Å². The molecule has 368 valence electrons. The molecule has 0 spiro atoms. The molecule has 0 aromatic heterocycles. The zero-order chi connectivity index (χ0) is 47.4. The molecule has 0 aromatic rings. The lowest BCUT2D eigenvalue weighted by Gasteiger charge is -2.51. The first-order valence-electron chi connectivity index (χ1n) is 19.9. The Morgan fingerprint density at radius 1 is 0.698 bits per heavy atom. The number of aliphatic hydroxyl groups is 16. The van der Waals surface area contributed by atoms with Crippen LogP contribution in [0.4, 0.5) is 0 Å². The van der Waals surface area contributed by atoms with Crippen molar-refractivity contribution < 1.29 is 134 Å². The average Bonchev–Trinajstić information content (AvgIpc) is 3.25. The molecule has 0 radical (unpaired) electrons. The molecule has 4 aliphatic rings. The van der Waals surface area contributed by atoms with Crippen molar-refractivity contribution in [2.24, 2.45) is 0 Å². The van der Waals surface area contributed by atoms with Crippen molar-refractivity contribution in [1.82, 2.24) is 5.32 Å². The Kier molecular flexibility index (Phi) is 19.3. The lowest BCUT2D eigenvalue weighted by Crippen LogP contribution is -2.68. The summed E-state index contributed by atoms with van der Waals surface area (Å²) >= 11 is 0. The van der Waals surface area contributed by atoms with E-state index < -0.39 is 198 Å². The average molecular weight is 928 g/mol. The van der Waals surface area contributed by atoms with Crippen LogP contribution in [0.3, 0.4) is 0 Å². The summed E-state index contributed by atoms with van der Waals surface area (Å²) in [6.45, 7) is -0.997. The van der Waals surface area contributed by atoms with Gasteiger partial charge in [-0.05, 0) is 13.8 Å². The van der Waals surface area contributed by atoms with Crippen molar-refractivity contribution in [3.05, 3.63) is 0 Å². The van der Waals surface area contributed by atoms with Crippen LogP contribution in [-0.2, 0) is 47.5 Å². The third-order valence-corrected chi connectivity index (χ3v) is 11.3. The first-order chi connectivity index (χ1) is 29.4. The van der Waals surface area contributed by atoms with E-state index in [4.69, 9.17) is 37.9 Å². The Balaban J connectivity index is 1.72. The molecule has 25 atom stereocenters. The number of nitrogens with one attached hydrogen (secondary N) is 1. The zero-order valence-electron chi connectivity index (χ0n) is 34.1. The molecule has 4 saturated heterocycles. The second kappa shape index (κ2) is 22.6. The van der Waals surface area contributed by atoms with Crippen LogP contribution < -0.4 is 5.32 Å². The maximum atomic E-state index is 13.2. The second-order valence-electron chi connectivity index (χ2n) is 15.9. The topological polar surface area (TPSA) is 464 Å². The van der Waals surface area contributed by atoms with Gasteiger partial charge in [0, 0.05) is 13.3 Å². The summed E-state index contributed by atoms with van der Waals surface area (Å²) in [5, 5.41) is 181. The summed E-state index contributed by atoms with van der Waals surface area (Å²) in [5.74, 6) is -6.11. The molecule has 0 saturated carbocycles. The second-order valence-corrected chi connectivity index (χ2v) is 15.9. The fourth-order valence-electron chi connectivity index (χ4n) is 7.46. The van der Waals surface area contributed by atoms with Gasteiger partial charge < -0.3 is 130 Å². The molecule has 0 unspecified atom stereocenters. The molecule has 18 N–H and O–H groups in total. The molecule has 4 heterocycles. The molecule has 1 amide bonds. The van der Waals surface area contributed by atoms with E-state index in [0.29, 0.717) is 0 Å². The molecule has 4 fully saturated rings. The molecule has 0 aromatic carbocycles. The summed E-state index contributed by atoms with van der Waals surface area (Å²) in [4.78, 5) is 25.3. The normalized spacial score (nSPS) is 44.2. The van der Waals surface area contributed by atoms with Crippen LogP contribution in [0.1, 0.15) is 27.2 Å². The first kappa shape index (κ1) is 53.6. The number of aliphatic carboxylic acids is 1. The number of amides is 1. The fraction of sp³-hybridized carbons (Fsp3) is 0.943. The quantitative estimate of drug-likeness (QED) is 0.0572. The van der Waals surface area contributed by atoms with Crippen molar-refractivity contribution in [2.45, 2.75) is 180 Å². The fourth-order valence-corrected chi connectivity index (χ4v) is 7.46. The molecule has 4 rings (SSSR count). The highest BCUT2D eigenvalue weighted by molar-refractivity contribution is 5.76. The lowest BCUT2D eigenvalue weighted by molar-refractivity contribution is -0.389.